The van der Waals surface area contributed by atoms with Gasteiger partial charge in [0.1, 0.15) is 15.4 Å². The number of hydrogen-bond acceptors (Lipinski definition) is 11. The minimum atomic E-state index is -5.09. The normalized spacial score (nSPS) is 15.8. The molecule has 0 radical (unpaired) electrons. The summed E-state index contributed by atoms with van der Waals surface area (Å²) in [5.74, 6) is -4.33. The maximum atomic E-state index is 11.9. The molecule has 0 bridgehead atoms. The topological polar surface area (TPSA) is 213 Å². The van der Waals surface area contributed by atoms with Gasteiger partial charge in [-0.3, -0.25) is 24.5 Å². The summed E-state index contributed by atoms with van der Waals surface area (Å²) in [5.41, 5.74) is -0.236. The van der Waals surface area contributed by atoms with Crippen molar-refractivity contribution in [2.45, 2.75) is 37.5 Å². The van der Waals surface area contributed by atoms with Gasteiger partial charge in [-0.1, -0.05) is 0 Å². The van der Waals surface area contributed by atoms with E-state index in [2.05, 4.69) is 10.2 Å². The Bertz CT molecular complexity index is 1040. The summed E-state index contributed by atoms with van der Waals surface area (Å²) in [6.07, 6.45) is -1.68. The molecule has 2 N–H and O–H groups in total. The van der Waals surface area contributed by atoms with Crippen LogP contribution in [0.1, 0.15) is 31.2 Å². The van der Waals surface area contributed by atoms with Gasteiger partial charge < -0.3 is 19.8 Å². The molecule has 1 aliphatic heterocycles. The second kappa shape index (κ2) is 11.4. The molecule has 0 aromatic heterocycles. The van der Waals surface area contributed by atoms with Gasteiger partial charge in [-0.25, -0.2) is 13.2 Å². The van der Waals surface area contributed by atoms with Crippen molar-refractivity contribution in [3.05, 3.63) is 33.9 Å². The van der Waals surface area contributed by atoms with E-state index in [0.29, 0.717) is 0 Å². The van der Waals surface area contributed by atoms with Crippen molar-refractivity contribution in [2.75, 3.05) is 5.32 Å². The standard InChI is InChI=1S/C16H17N3O11S.Na/c20-8-9-4-5-10(6-11(9)19(25)26)17-13(21)2-1-3-15(23)30-18-14(22)7-12(16(18)24)31(27,28)29;/h4-6,12,20H,1-3,7-8H2,(H,17,21)(H,27,28,29);/q;+1/p-1. The van der Waals surface area contributed by atoms with E-state index in [1.54, 1.807) is 0 Å². The van der Waals surface area contributed by atoms with Crippen LogP contribution in [0.15, 0.2) is 18.2 Å². The van der Waals surface area contributed by atoms with Crippen molar-refractivity contribution in [3.63, 3.8) is 0 Å². The number of benzene rings is 1. The summed E-state index contributed by atoms with van der Waals surface area (Å²) >= 11 is 0. The zero-order valence-corrected chi connectivity index (χ0v) is 19.5. The van der Waals surface area contributed by atoms with Gasteiger partial charge in [0.05, 0.1) is 23.5 Å². The molecule has 0 saturated carbocycles. The minimum Gasteiger partial charge on any atom is -0.747 e. The molecule has 2 rings (SSSR count). The number of nitrogens with zero attached hydrogens (tertiary/aromatic N) is 2. The van der Waals surface area contributed by atoms with Crippen LogP contribution < -0.4 is 34.9 Å². The number of nitro groups is 1. The molecule has 3 amide bonds. The van der Waals surface area contributed by atoms with Gasteiger partial charge in [-0.15, -0.1) is 5.06 Å². The number of imide groups is 1. The molecule has 16 heteroatoms. The Morgan fingerprint density at radius 2 is 1.94 bits per heavy atom. The summed E-state index contributed by atoms with van der Waals surface area (Å²) in [6, 6.07) is 3.67. The van der Waals surface area contributed by atoms with Gasteiger partial charge in [-0.2, -0.15) is 0 Å². The van der Waals surface area contributed by atoms with Crippen molar-refractivity contribution in [1.82, 2.24) is 5.06 Å². The van der Waals surface area contributed by atoms with Gasteiger partial charge in [0.25, 0.3) is 17.5 Å². The molecule has 1 unspecified atom stereocenters. The van der Waals surface area contributed by atoms with Gasteiger partial charge in [-0.05, 0) is 18.6 Å². The van der Waals surface area contributed by atoms with E-state index in [1.807, 2.05) is 0 Å². The second-order valence-corrected chi connectivity index (χ2v) is 7.89. The first-order valence-electron chi connectivity index (χ1n) is 8.64. The Morgan fingerprint density at radius 1 is 1.28 bits per heavy atom. The first-order chi connectivity index (χ1) is 14.4. The largest absolute Gasteiger partial charge is 1.00 e. The molecular weight excluding hydrogens is 465 g/mol. The van der Waals surface area contributed by atoms with Crippen LogP contribution in [-0.2, 0) is 40.7 Å². The van der Waals surface area contributed by atoms with Gasteiger partial charge in [0, 0.05) is 24.6 Å². The Morgan fingerprint density at radius 3 is 2.47 bits per heavy atom. The van der Waals surface area contributed by atoms with Gasteiger partial charge in [0.2, 0.25) is 5.91 Å². The number of carbonyl (C=O) groups excluding carboxylic acids is 4. The first-order valence-corrected chi connectivity index (χ1v) is 10.1. The average molecular weight is 481 g/mol. The molecule has 1 aliphatic rings. The molecular formula is C16H16N3NaO11S. The van der Waals surface area contributed by atoms with Crippen molar-refractivity contribution >= 4 is 45.2 Å². The van der Waals surface area contributed by atoms with E-state index in [-0.39, 0.29) is 64.4 Å². The molecule has 1 aromatic carbocycles. The van der Waals surface area contributed by atoms with Gasteiger partial charge in [0.15, 0.2) is 0 Å². The van der Waals surface area contributed by atoms with Crippen LogP contribution in [0.3, 0.4) is 0 Å². The minimum absolute atomic E-state index is 0. The van der Waals surface area contributed by atoms with Crippen LogP contribution in [0.25, 0.3) is 0 Å². The molecule has 168 valence electrons. The average Bonchev–Trinajstić information content (AvgIpc) is 2.96. The fraction of sp³-hybridized carbons (Fsp3) is 0.375. The van der Waals surface area contributed by atoms with Crippen LogP contribution in [0, 0.1) is 10.1 Å². The fourth-order valence-corrected chi connectivity index (χ4v) is 3.30. The van der Waals surface area contributed by atoms with Crippen molar-refractivity contribution in [2.24, 2.45) is 0 Å². The Hall–Kier alpha value is -2.43. The van der Waals surface area contributed by atoms with E-state index in [9.17, 15) is 42.3 Å². The molecule has 1 atom stereocenters. The number of hydrogen-bond donors (Lipinski definition) is 2. The molecule has 1 aromatic rings. The number of aliphatic hydroxyl groups excluding tert-OH is 1. The number of nitro benzene ring substituents is 1. The Kier molecular flexibility index (Phi) is 9.87. The molecule has 1 saturated heterocycles. The van der Waals surface area contributed by atoms with Crippen molar-refractivity contribution < 1.29 is 76.6 Å². The number of rotatable bonds is 9. The van der Waals surface area contributed by atoms with E-state index in [0.717, 1.165) is 6.07 Å². The molecule has 14 nitrogen and oxygen atoms in total. The predicted molar refractivity (Wildman–Crippen MR) is 97.5 cm³/mol. The molecule has 1 heterocycles. The number of amides is 3. The number of hydroxylamine groups is 2. The van der Waals surface area contributed by atoms with E-state index in [1.165, 1.54) is 12.1 Å². The molecule has 1 fully saturated rings. The summed E-state index contributed by atoms with van der Waals surface area (Å²) in [4.78, 5) is 61.7. The number of carbonyl (C=O) groups is 4. The zero-order chi connectivity index (χ0) is 23.3. The first kappa shape index (κ1) is 27.6. The molecule has 0 spiro atoms. The third kappa shape index (κ3) is 7.04. The molecule has 0 aliphatic carbocycles. The van der Waals surface area contributed by atoms with E-state index < -0.39 is 63.4 Å². The fourth-order valence-electron chi connectivity index (χ4n) is 2.61. The van der Waals surface area contributed by atoms with Crippen LogP contribution in [0.5, 0.6) is 0 Å². The van der Waals surface area contributed by atoms with Crippen LogP contribution in [0.2, 0.25) is 0 Å². The number of nitrogens with one attached hydrogen (secondary N) is 1. The monoisotopic (exact) mass is 481 g/mol. The smallest absolute Gasteiger partial charge is 0.747 e. The summed E-state index contributed by atoms with van der Waals surface area (Å²) in [6.45, 7) is -0.559. The van der Waals surface area contributed by atoms with Crippen molar-refractivity contribution in [1.29, 1.82) is 0 Å². The van der Waals surface area contributed by atoms with Gasteiger partial charge >= 0.3 is 35.5 Å². The molecule has 32 heavy (non-hydrogen) atoms. The third-order valence-electron chi connectivity index (χ3n) is 4.12. The second-order valence-electron chi connectivity index (χ2n) is 6.34. The predicted octanol–water partition coefficient (Wildman–Crippen LogP) is -3.67. The van der Waals surface area contributed by atoms with E-state index >= 15 is 0 Å². The maximum absolute atomic E-state index is 11.9. The number of aliphatic hydroxyl groups is 1. The summed E-state index contributed by atoms with van der Waals surface area (Å²) < 4.78 is 32.8. The van der Waals surface area contributed by atoms with Crippen molar-refractivity contribution in [3.8, 4) is 0 Å². The zero-order valence-electron chi connectivity index (χ0n) is 16.7. The SMILES string of the molecule is O=C(CCCC(=O)ON1C(=O)CC(S(=O)(=O)[O-])C1=O)Nc1ccc(CO)c([N+](=O)[O-])c1.[Na+]. The van der Waals surface area contributed by atoms with Crippen LogP contribution in [0.4, 0.5) is 11.4 Å². The summed E-state index contributed by atoms with van der Waals surface area (Å²) in [5, 5.41) is 20.2. The van der Waals surface area contributed by atoms with E-state index in [4.69, 9.17) is 5.11 Å². The maximum Gasteiger partial charge on any atom is 1.00 e. The number of anilines is 1. The Labute approximate surface area is 203 Å². The summed E-state index contributed by atoms with van der Waals surface area (Å²) in [7, 11) is -5.09. The Balaban J connectivity index is 0.00000512. The van der Waals surface area contributed by atoms with Crippen LogP contribution >= 0.6 is 0 Å². The third-order valence-corrected chi connectivity index (χ3v) is 5.19. The quantitative estimate of drug-likeness (QED) is 0.115. The van der Waals surface area contributed by atoms with Crippen LogP contribution in [-0.4, -0.2) is 57.0 Å².